The Hall–Kier alpha value is -3.48. The largest absolute Gasteiger partial charge is 0.361 e. The summed E-state index contributed by atoms with van der Waals surface area (Å²) in [6.07, 6.45) is 3.08. The van der Waals surface area contributed by atoms with Gasteiger partial charge in [-0.05, 0) is 35.7 Å². The van der Waals surface area contributed by atoms with Crippen LogP contribution in [0.1, 0.15) is 16.8 Å². The van der Waals surface area contributed by atoms with Gasteiger partial charge in [0, 0.05) is 30.1 Å². The summed E-state index contributed by atoms with van der Waals surface area (Å²) in [6.45, 7) is 0.615. The van der Waals surface area contributed by atoms with Crippen LogP contribution in [0.15, 0.2) is 59.5 Å². The lowest BCUT2D eigenvalue weighted by Crippen LogP contribution is -2.20. The van der Waals surface area contributed by atoms with Crippen molar-refractivity contribution < 1.29 is 4.39 Å². The minimum atomic E-state index is -0.312. The van der Waals surface area contributed by atoms with Crippen LogP contribution in [0.5, 0.6) is 0 Å². The highest BCUT2D eigenvalue weighted by Gasteiger charge is 2.07. The SMILES string of the molecule is O=c1[nH]c(NCCc2c[nH]c3ccccc23)nnc1Cc1ccc(F)cc1. The number of para-hydroxylation sites is 1. The second-order valence-electron chi connectivity index (χ2n) is 6.29. The van der Waals surface area contributed by atoms with E-state index in [9.17, 15) is 9.18 Å². The van der Waals surface area contributed by atoms with Crippen LogP contribution in [0.2, 0.25) is 0 Å². The van der Waals surface area contributed by atoms with Crippen LogP contribution < -0.4 is 10.9 Å². The number of hydrogen-bond donors (Lipinski definition) is 3. The van der Waals surface area contributed by atoms with Gasteiger partial charge < -0.3 is 10.3 Å². The summed E-state index contributed by atoms with van der Waals surface area (Å²) in [5, 5.41) is 12.3. The van der Waals surface area contributed by atoms with Crippen molar-refractivity contribution in [1.82, 2.24) is 20.2 Å². The third-order valence-corrected chi connectivity index (χ3v) is 4.41. The van der Waals surface area contributed by atoms with Crippen LogP contribution in [0.3, 0.4) is 0 Å². The number of benzene rings is 2. The fraction of sp³-hybridized carbons (Fsp3) is 0.150. The second-order valence-corrected chi connectivity index (χ2v) is 6.29. The van der Waals surface area contributed by atoms with E-state index >= 15 is 0 Å². The van der Waals surface area contributed by atoms with E-state index in [1.54, 1.807) is 12.1 Å². The molecule has 7 heteroatoms. The minimum absolute atomic E-state index is 0.295. The van der Waals surface area contributed by atoms with Gasteiger partial charge in [0.05, 0.1) is 0 Å². The van der Waals surface area contributed by atoms with Crippen molar-refractivity contribution in [3.05, 3.63) is 87.7 Å². The van der Waals surface area contributed by atoms with Crippen molar-refractivity contribution in [3.63, 3.8) is 0 Å². The molecule has 6 nitrogen and oxygen atoms in total. The Balaban J connectivity index is 1.39. The molecule has 0 fully saturated rings. The van der Waals surface area contributed by atoms with E-state index in [4.69, 9.17) is 0 Å². The first kappa shape index (κ1) is 17.0. The number of aromatic nitrogens is 4. The van der Waals surface area contributed by atoms with Gasteiger partial charge in [-0.1, -0.05) is 30.3 Å². The molecule has 0 aliphatic heterocycles. The van der Waals surface area contributed by atoms with Crippen molar-refractivity contribution >= 4 is 16.9 Å². The molecule has 2 aromatic heterocycles. The van der Waals surface area contributed by atoms with Crippen LogP contribution >= 0.6 is 0 Å². The summed E-state index contributed by atoms with van der Waals surface area (Å²) in [7, 11) is 0. The summed E-state index contributed by atoms with van der Waals surface area (Å²) in [4.78, 5) is 18.1. The Kier molecular flexibility index (Phi) is 4.65. The molecule has 0 saturated heterocycles. The summed E-state index contributed by atoms with van der Waals surface area (Å²) < 4.78 is 13.0. The topological polar surface area (TPSA) is 86.5 Å². The van der Waals surface area contributed by atoms with Crippen LogP contribution in [0.25, 0.3) is 10.9 Å². The summed E-state index contributed by atoms with van der Waals surface area (Å²) in [5.41, 5.74) is 3.09. The first-order valence-corrected chi connectivity index (χ1v) is 8.68. The van der Waals surface area contributed by atoms with Crippen LogP contribution in [-0.4, -0.2) is 26.7 Å². The normalized spacial score (nSPS) is 11.0. The molecule has 2 heterocycles. The Morgan fingerprint density at radius 2 is 1.85 bits per heavy atom. The van der Waals surface area contributed by atoms with E-state index in [0.717, 1.165) is 17.5 Å². The lowest BCUT2D eigenvalue weighted by Gasteiger charge is -2.05. The van der Waals surface area contributed by atoms with Gasteiger partial charge in [0.15, 0.2) is 0 Å². The molecule has 0 spiro atoms. The Morgan fingerprint density at radius 3 is 2.67 bits per heavy atom. The third kappa shape index (κ3) is 3.87. The van der Waals surface area contributed by atoms with Crippen molar-refractivity contribution in [2.24, 2.45) is 0 Å². The molecule has 3 N–H and O–H groups in total. The summed E-state index contributed by atoms with van der Waals surface area (Å²) in [5.74, 6) is 0.0242. The maximum Gasteiger partial charge on any atom is 0.274 e. The van der Waals surface area contributed by atoms with Gasteiger partial charge >= 0.3 is 0 Å². The van der Waals surface area contributed by atoms with E-state index < -0.39 is 0 Å². The van der Waals surface area contributed by atoms with Gasteiger partial charge in [-0.15, -0.1) is 10.2 Å². The predicted octanol–water partition coefficient (Wildman–Crippen LogP) is 3.03. The van der Waals surface area contributed by atoms with E-state index in [-0.39, 0.29) is 11.4 Å². The number of hydrogen-bond acceptors (Lipinski definition) is 4. The molecule has 0 bridgehead atoms. The lowest BCUT2D eigenvalue weighted by molar-refractivity contribution is 0.627. The third-order valence-electron chi connectivity index (χ3n) is 4.41. The number of anilines is 1. The monoisotopic (exact) mass is 363 g/mol. The van der Waals surface area contributed by atoms with Crippen molar-refractivity contribution in [2.45, 2.75) is 12.8 Å². The van der Waals surface area contributed by atoms with Gasteiger partial charge in [0.2, 0.25) is 5.95 Å². The van der Waals surface area contributed by atoms with Gasteiger partial charge in [0.1, 0.15) is 11.5 Å². The lowest BCUT2D eigenvalue weighted by atomic mass is 10.1. The number of aromatic amines is 2. The van der Waals surface area contributed by atoms with Crippen molar-refractivity contribution in [2.75, 3.05) is 11.9 Å². The minimum Gasteiger partial charge on any atom is -0.361 e. The Bertz CT molecular complexity index is 1120. The molecular formula is C20H18FN5O. The molecule has 0 atom stereocenters. The maximum atomic E-state index is 13.0. The Labute approximate surface area is 154 Å². The quantitative estimate of drug-likeness (QED) is 0.491. The average molecular weight is 363 g/mol. The molecule has 0 radical (unpaired) electrons. The standard InChI is InChI=1S/C20H18FN5O/c21-15-7-5-13(6-8-15)11-18-19(27)24-20(26-25-18)22-10-9-14-12-23-17-4-2-1-3-16(14)17/h1-8,12,23H,9-11H2,(H2,22,24,26,27). The average Bonchev–Trinajstić information content (AvgIpc) is 3.09. The maximum absolute atomic E-state index is 13.0. The first-order chi connectivity index (χ1) is 13.2. The molecule has 136 valence electrons. The smallest absolute Gasteiger partial charge is 0.274 e. The molecule has 0 unspecified atom stereocenters. The molecule has 27 heavy (non-hydrogen) atoms. The molecule has 2 aromatic carbocycles. The number of fused-ring (bicyclic) bond motifs is 1. The number of rotatable bonds is 6. The number of nitrogens with one attached hydrogen (secondary N) is 3. The predicted molar refractivity (Wildman–Crippen MR) is 102 cm³/mol. The number of halogens is 1. The zero-order valence-corrected chi connectivity index (χ0v) is 14.5. The number of H-pyrrole nitrogens is 2. The first-order valence-electron chi connectivity index (χ1n) is 8.68. The van der Waals surface area contributed by atoms with Crippen LogP contribution in [0.4, 0.5) is 10.3 Å². The molecule has 0 amide bonds. The van der Waals surface area contributed by atoms with Gasteiger partial charge in [-0.2, -0.15) is 0 Å². The summed E-state index contributed by atoms with van der Waals surface area (Å²) >= 11 is 0. The summed E-state index contributed by atoms with van der Waals surface area (Å²) in [6, 6.07) is 14.1. The highest BCUT2D eigenvalue weighted by Crippen LogP contribution is 2.17. The number of nitrogens with zero attached hydrogens (tertiary/aromatic N) is 2. The highest BCUT2D eigenvalue weighted by molar-refractivity contribution is 5.83. The van der Waals surface area contributed by atoms with Gasteiger partial charge in [-0.25, -0.2) is 4.39 Å². The molecular weight excluding hydrogens is 345 g/mol. The zero-order valence-electron chi connectivity index (χ0n) is 14.5. The molecule has 0 aliphatic rings. The molecule has 0 aliphatic carbocycles. The van der Waals surface area contributed by atoms with Crippen LogP contribution in [-0.2, 0) is 12.8 Å². The van der Waals surface area contributed by atoms with Gasteiger partial charge in [0.25, 0.3) is 5.56 Å². The van der Waals surface area contributed by atoms with E-state index in [1.807, 2.05) is 24.4 Å². The van der Waals surface area contributed by atoms with Crippen molar-refractivity contribution in [3.8, 4) is 0 Å². The highest BCUT2D eigenvalue weighted by atomic mass is 19.1. The zero-order chi connectivity index (χ0) is 18.6. The molecule has 4 aromatic rings. The van der Waals surface area contributed by atoms with E-state index in [0.29, 0.717) is 24.6 Å². The van der Waals surface area contributed by atoms with Gasteiger partial charge in [-0.3, -0.25) is 9.78 Å². The van der Waals surface area contributed by atoms with E-state index in [1.165, 1.54) is 23.1 Å². The van der Waals surface area contributed by atoms with E-state index in [2.05, 4.69) is 31.5 Å². The van der Waals surface area contributed by atoms with Crippen LogP contribution in [0, 0.1) is 5.82 Å². The Morgan fingerprint density at radius 1 is 1.04 bits per heavy atom. The fourth-order valence-corrected chi connectivity index (χ4v) is 3.01. The molecule has 4 rings (SSSR count). The fourth-order valence-electron chi connectivity index (χ4n) is 3.01. The van der Waals surface area contributed by atoms with Crippen molar-refractivity contribution in [1.29, 1.82) is 0 Å². The second kappa shape index (κ2) is 7.41. The molecule has 0 saturated carbocycles.